The van der Waals surface area contributed by atoms with Gasteiger partial charge in [0.05, 0.1) is 11.0 Å². The summed E-state index contributed by atoms with van der Waals surface area (Å²) in [5.74, 6) is -5.58. The molecule has 1 aromatic heterocycles. The Labute approximate surface area is 239 Å². The van der Waals surface area contributed by atoms with Gasteiger partial charge in [-0.1, -0.05) is 5.57 Å². The Morgan fingerprint density at radius 1 is 1.05 bits per heavy atom. The van der Waals surface area contributed by atoms with E-state index in [9.17, 15) is 35.5 Å². The maximum atomic E-state index is 14.1. The molecule has 0 radical (unpaired) electrons. The molecule has 1 aliphatic carbocycles. The predicted octanol–water partition coefficient (Wildman–Crippen LogP) is 7.58. The minimum atomic E-state index is -4.72. The Hall–Kier alpha value is -3.97. The third-order valence-corrected chi connectivity index (χ3v) is 8.11. The molecule has 5 rings (SSSR count). The van der Waals surface area contributed by atoms with E-state index in [1.807, 2.05) is 0 Å². The highest BCUT2D eigenvalue weighted by Crippen LogP contribution is 2.49. The smallest absolute Gasteiger partial charge is 0.355 e. The first-order valence-corrected chi connectivity index (χ1v) is 13.3. The summed E-state index contributed by atoms with van der Waals surface area (Å²) in [5, 5.41) is 11.2. The van der Waals surface area contributed by atoms with Gasteiger partial charge in [-0.05, 0) is 85.0 Å². The van der Waals surface area contributed by atoms with E-state index in [4.69, 9.17) is 5.41 Å². The Bertz CT molecular complexity index is 1600. The molecule has 0 saturated carbocycles. The maximum Gasteiger partial charge on any atom is 0.416 e. The molecule has 2 heterocycles. The van der Waals surface area contributed by atoms with E-state index in [1.54, 1.807) is 10.4 Å². The fourth-order valence-electron chi connectivity index (χ4n) is 5.05. The van der Waals surface area contributed by atoms with Crippen molar-refractivity contribution in [3.63, 3.8) is 0 Å². The number of ketones is 1. The number of rotatable bonds is 7. The second-order valence-electron chi connectivity index (χ2n) is 9.81. The van der Waals surface area contributed by atoms with Crippen LogP contribution in [0.15, 0.2) is 82.5 Å². The highest BCUT2D eigenvalue weighted by atomic mass is 32.2. The summed E-state index contributed by atoms with van der Waals surface area (Å²) in [6.45, 7) is 0.161. The van der Waals surface area contributed by atoms with Gasteiger partial charge in [0.2, 0.25) is 0 Å². The molecular weight excluding hydrogens is 585 g/mol. The average Bonchev–Trinajstić information content (AvgIpc) is 2.96. The number of allylic oxidation sites excluding steroid dienone is 2. The molecule has 1 atom stereocenters. The zero-order valence-electron chi connectivity index (χ0n) is 21.5. The molecule has 0 amide bonds. The van der Waals surface area contributed by atoms with E-state index in [1.165, 1.54) is 24.3 Å². The lowest BCUT2D eigenvalue weighted by Gasteiger charge is -2.45. The Morgan fingerprint density at radius 2 is 1.74 bits per heavy atom. The maximum absolute atomic E-state index is 14.1. The second kappa shape index (κ2) is 11.4. The Kier molecular flexibility index (Phi) is 7.99. The van der Waals surface area contributed by atoms with Crippen molar-refractivity contribution >= 4 is 29.6 Å². The number of carbonyl (C=O) groups is 1. The molecule has 1 aliphatic heterocycles. The number of piperidine rings is 1. The molecule has 1 saturated heterocycles. The fourth-order valence-corrected chi connectivity index (χ4v) is 6.13. The summed E-state index contributed by atoms with van der Waals surface area (Å²) in [4.78, 5) is 18.1. The zero-order valence-corrected chi connectivity index (χ0v) is 22.4. The van der Waals surface area contributed by atoms with Gasteiger partial charge in [-0.25, -0.2) is 21.9 Å². The van der Waals surface area contributed by atoms with Crippen molar-refractivity contribution in [3.05, 3.63) is 112 Å². The van der Waals surface area contributed by atoms with Crippen LogP contribution >= 0.6 is 11.9 Å². The lowest BCUT2D eigenvalue weighted by Crippen LogP contribution is -2.49. The van der Waals surface area contributed by atoms with Crippen molar-refractivity contribution in [1.82, 2.24) is 9.29 Å². The number of hydrogen-bond acceptors (Lipinski definition) is 6. The molecule has 2 N–H and O–H groups in total. The van der Waals surface area contributed by atoms with Crippen LogP contribution in [0.4, 0.5) is 36.4 Å². The number of fused-ring (bicyclic) bond motifs is 1. The van der Waals surface area contributed by atoms with Crippen LogP contribution in [0.1, 0.15) is 28.9 Å². The minimum Gasteiger partial charge on any atom is -0.355 e. The van der Waals surface area contributed by atoms with Gasteiger partial charge in [0.15, 0.2) is 23.2 Å². The molecule has 2 aromatic carbocycles. The van der Waals surface area contributed by atoms with Crippen molar-refractivity contribution < 1.29 is 35.5 Å². The summed E-state index contributed by atoms with van der Waals surface area (Å²) in [7, 11) is 0. The third kappa shape index (κ3) is 5.84. The monoisotopic (exact) mass is 606 g/mol. The normalized spacial score (nSPS) is 19.3. The van der Waals surface area contributed by atoms with Gasteiger partial charge in [-0.2, -0.15) is 13.2 Å². The van der Waals surface area contributed by atoms with Crippen LogP contribution in [-0.4, -0.2) is 34.4 Å². The van der Waals surface area contributed by atoms with Crippen LogP contribution in [0.5, 0.6) is 0 Å². The zero-order chi connectivity index (χ0) is 30.2. The van der Waals surface area contributed by atoms with Crippen molar-refractivity contribution in [2.24, 2.45) is 5.41 Å². The molecular formula is C29H21F7N4OS. The largest absolute Gasteiger partial charge is 0.416 e. The number of aromatic nitrogens is 1. The van der Waals surface area contributed by atoms with Gasteiger partial charge >= 0.3 is 6.18 Å². The SMILES string of the molecule is N=CC1=C(Nc2ccc(F)cc2)C=C2CCN(Sc3cc(F)c(F)c(F)c3)CC2(C(=O)c2cc(C(F)(F)F)ccn2)C1. The number of Topliss-reactive ketones (excluding diaryl/α,β-unsaturated/α-hetero) is 1. The number of nitrogens with one attached hydrogen (secondary N) is 2. The molecule has 2 aliphatic rings. The molecule has 3 aromatic rings. The summed E-state index contributed by atoms with van der Waals surface area (Å²) in [5.41, 5.74) is -1.12. The molecule has 0 spiro atoms. The summed E-state index contributed by atoms with van der Waals surface area (Å²) in [6, 6.07) is 8.51. The molecule has 1 unspecified atom stereocenters. The first kappa shape index (κ1) is 29.5. The number of halogens is 7. The summed E-state index contributed by atoms with van der Waals surface area (Å²) < 4.78 is 96.8. The van der Waals surface area contributed by atoms with Crippen LogP contribution < -0.4 is 5.32 Å². The van der Waals surface area contributed by atoms with Crippen molar-refractivity contribution in [2.75, 3.05) is 18.4 Å². The number of carbonyl (C=O) groups excluding carboxylic acids is 1. The standard InChI is InChI=1S/C29H21F7N4OS/c30-19-1-3-20(4-2-19)39-24-9-17-6-8-40(42-21-11-22(31)26(33)23(32)12-21)15-28(17,13-16(24)14-37)27(41)25-10-18(5-7-38-25)29(34,35)36/h1-5,7,9-12,14,37,39H,6,8,13,15H2. The van der Waals surface area contributed by atoms with E-state index in [-0.39, 0.29) is 30.8 Å². The molecule has 42 heavy (non-hydrogen) atoms. The summed E-state index contributed by atoms with van der Waals surface area (Å²) in [6.07, 6.45) is -1.04. The van der Waals surface area contributed by atoms with E-state index < -0.39 is 51.9 Å². The van der Waals surface area contributed by atoms with E-state index in [0.29, 0.717) is 28.6 Å². The van der Waals surface area contributed by atoms with Gasteiger partial charge in [0, 0.05) is 41.8 Å². The molecule has 13 heteroatoms. The number of alkyl halides is 3. The highest BCUT2D eigenvalue weighted by molar-refractivity contribution is 7.97. The first-order valence-electron chi connectivity index (χ1n) is 12.5. The van der Waals surface area contributed by atoms with Gasteiger partial charge < -0.3 is 10.7 Å². The number of nitrogens with zero attached hydrogens (tertiary/aromatic N) is 2. The molecule has 218 valence electrons. The van der Waals surface area contributed by atoms with Crippen LogP contribution in [0, 0.1) is 34.1 Å². The van der Waals surface area contributed by atoms with Crippen LogP contribution in [0.2, 0.25) is 0 Å². The van der Waals surface area contributed by atoms with Crippen molar-refractivity contribution in [2.45, 2.75) is 23.9 Å². The summed E-state index contributed by atoms with van der Waals surface area (Å²) >= 11 is 0.872. The Morgan fingerprint density at radius 3 is 2.38 bits per heavy atom. The lowest BCUT2D eigenvalue weighted by molar-refractivity contribution is -0.137. The second-order valence-corrected chi connectivity index (χ2v) is 11.0. The van der Waals surface area contributed by atoms with Gasteiger partial charge in [0.25, 0.3) is 0 Å². The Balaban J connectivity index is 1.54. The van der Waals surface area contributed by atoms with Crippen molar-refractivity contribution in [1.29, 1.82) is 5.41 Å². The third-order valence-electron chi connectivity index (χ3n) is 7.09. The molecule has 5 nitrogen and oxygen atoms in total. The van der Waals surface area contributed by atoms with Crippen LogP contribution in [0.3, 0.4) is 0 Å². The molecule has 1 fully saturated rings. The quantitative estimate of drug-likeness (QED) is 0.0954. The van der Waals surface area contributed by atoms with E-state index >= 15 is 0 Å². The van der Waals surface area contributed by atoms with E-state index in [2.05, 4.69) is 10.3 Å². The molecule has 0 bridgehead atoms. The first-order chi connectivity index (χ1) is 19.9. The van der Waals surface area contributed by atoms with Crippen LogP contribution in [0.25, 0.3) is 0 Å². The lowest BCUT2D eigenvalue weighted by atomic mass is 9.65. The van der Waals surface area contributed by atoms with Crippen molar-refractivity contribution in [3.8, 4) is 0 Å². The number of anilines is 1. The fraction of sp³-hybridized carbons (Fsp3) is 0.207. The van der Waals surface area contributed by atoms with Gasteiger partial charge in [-0.3, -0.25) is 9.78 Å². The van der Waals surface area contributed by atoms with Crippen LogP contribution in [-0.2, 0) is 6.18 Å². The predicted molar refractivity (Wildman–Crippen MR) is 143 cm³/mol. The number of hydrogen-bond donors (Lipinski definition) is 2. The number of benzene rings is 2. The number of pyridine rings is 1. The minimum absolute atomic E-state index is 0.0240. The van der Waals surface area contributed by atoms with Gasteiger partial charge in [-0.15, -0.1) is 0 Å². The van der Waals surface area contributed by atoms with E-state index in [0.717, 1.165) is 42.6 Å². The highest BCUT2D eigenvalue weighted by Gasteiger charge is 2.49. The average molecular weight is 607 g/mol. The topological polar surface area (TPSA) is 69.1 Å². The van der Waals surface area contributed by atoms with Gasteiger partial charge in [0.1, 0.15) is 11.5 Å².